The van der Waals surface area contributed by atoms with Crippen molar-refractivity contribution in [1.82, 2.24) is 0 Å². The van der Waals surface area contributed by atoms with Crippen molar-refractivity contribution in [2.75, 3.05) is 5.32 Å². The Bertz CT molecular complexity index is 440. The topological polar surface area (TPSA) is 67.5 Å². The number of fused-ring (bicyclic) bond motifs is 1. The van der Waals surface area contributed by atoms with E-state index in [4.69, 9.17) is 5.73 Å². The highest BCUT2D eigenvalue weighted by atomic mass is 35.5. The molecule has 2 rings (SSSR count). The van der Waals surface area contributed by atoms with Gasteiger partial charge in [0.1, 0.15) is 5.70 Å². The quantitative estimate of drug-likeness (QED) is 0.753. The monoisotopic (exact) mass is 223 g/mol. The maximum Gasteiger partial charge on any atom is 0.268 e. The summed E-state index contributed by atoms with van der Waals surface area (Å²) >= 11 is 0. The van der Waals surface area contributed by atoms with Crippen molar-refractivity contribution < 1.29 is 4.79 Å². The van der Waals surface area contributed by atoms with Gasteiger partial charge in [-0.1, -0.05) is 18.2 Å². The molecule has 1 aromatic rings. The SMILES string of the molecule is Cl.NC(=O)C1=CNc2ccccc2C=N1. The third-order valence-electron chi connectivity index (χ3n) is 1.92. The van der Waals surface area contributed by atoms with E-state index in [0.717, 1.165) is 11.3 Å². The molecule has 0 aromatic heterocycles. The van der Waals surface area contributed by atoms with Crippen LogP contribution in [0, 0.1) is 0 Å². The number of halogens is 1. The van der Waals surface area contributed by atoms with Crippen LogP contribution >= 0.6 is 12.4 Å². The Balaban J connectivity index is 0.00000112. The Hall–Kier alpha value is -1.81. The molecule has 1 aromatic carbocycles. The van der Waals surface area contributed by atoms with Crippen LogP contribution in [0.5, 0.6) is 0 Å². The first kappa shape index (κ1) is 11.3. The molecule has 0 saturated carbocycles. The minimum absolute atomic E-state index is 0. The minimum atomic E-state index is -0.540. The van der Waals surface area contributed by atoms with Gasteiger partial charge in [-0.3, -0.25) is 4.79 Å². The fourth-order valence-electron chi connectivity index (χ4n) is 1.20. The number of anilines is 1. The van der Waals surface area contributed by atoms with Crippen molar-refractivity contribution in [3.05, 3.63) is 41.7 Å². The number of carbonyl (C=O) groups excluding carboxylic acids is 1. The van der Waals surface area contributed by atoms with Gasteiger partial charge in [0, 0.05) is 23.7 Å². The lowest BCUT2D eigenvalue weighted by molar-refractivity contribution is -0.114. The van der Waals surface area contributed by atoms with Gasteiger partial charge in [-0.05, 0) is 6.07 Å². The largest absolute Gasteiger partial charge is 0.364 e. The summed E-state index contributed by atoms with van der Waals surface area (Å²) in [5, 5.41) is 2.97. The molecule has 78 valence electrons. The zero-order valence-corrected chi connectivity index (χ0v) is 8.62. The zero-order chi connectivity index (χ0) is 9.97. The second-order valence-corrected chi connectivity index (χ2v) is 2.88. The summed E-state index contributed by atoms with van der Waals surface area (Å²) in [5.74, 6) is -0.540. The van der Waals surface area contributed by atoms with Crippen molar-refractivity contribution in [2.24, 2.45) is 10.7 Å². The molecule has 1 aliphatic rings. The lowest BCUT2D eigenvalue weighted by Crippen LogP contribution is -2.13. The second kappa shape index (κ2) is 4.61. The van der Waals surface area contributed by atoms with E-state index < -0.39 is 5.91 Å². The Kier molecular flexibility index (Phi) is 3.46. The smallest absolute Gasteiger partial charge is 0.268 e. The molecule has 1 amide bonds. The van der Waals surface area contributed by atoms with Gasteiger partial charge in [-0.2, -0.15) is 0 Å². The van der Waals surface area contributed by atoms with Gasteiger partial charge in [-0.15, -0.1) is 12.4 Å². The van der Waals surface area contributed by atoms with Crippen LogP contribution in [0.4, 0.5) is 5.69 Å². The summed E-state index contributed by atoms with van der Waals surface area (Å²) in [6.45, 7) is 0. The zero-order valence-electron chi connectivity index (χ0n) is 7.81. The van der Waals surface area contributed by atoms with Gasteiger partial charge in [0.05, 0.1) is 0 Å². The third kappa shape index (κ3) is 2.35. The summed E-state index contributed by atoms with van der Waals surface area (Å²) in [4.78, 5) is 14.8. The maximum atomic E-state index is 10.9. The number of benzene rings is 1. The molecule has 0 spiro atoms. The highest BCUT2D eigenvalue weighted by molar-refractivity contribution is 5.98. The molecule has 0 atom stereocenters. The lowest BCUT2D eigenvalue weighted by atomic mass is 10.2. The van der Waals surface area contributed by atoms with E-state index in [9.17, 15) is 4.79 Å². The molecule has 0 fully saturated rings. The number of hydrogen-bond donors (Lipinski definition) is 2. The average Bonchev–Trinajstić information content (AvgIpc) is 2.39. The number of aliphatic imine (C=N–C) groups is 1. The van der Waals surface area contributed by atoms with Crippen molar-refractivity contribution in [3.8, 4) is 0 Å². The van der Waals surface area contributed by atoms with Crippen LogP contribution in [0.3, 0.4) is 0 Å². The normalized spacial score (nSPS) is 12.7. The predicted molar refractivity (Wildman–Crippen MR) is 62.2 cm³/mol. The molecule has 3 N–H and O–H groups in total. The number of rotatable bonds is 1. The van der Waals surface area contributed by atoms with Gasteiger partial charge in [0.2, 0.25) is 0 Å². The van der Waals surface area contributed by atoms with E-state index >= 15 is 0 Å². The van der Waals surface area contributed by atoms with Gasteiger partial charge >= 0.3 is 0 Å². The van der Waals surface area contributed by atoms with Crippen molar-refractivity contribution in [2.45, 2.75) is 0 Å². The van der Waals surface area contributed by atoms with Crippen LogP contribution in [0.1, 0.15) is 5.56 Å². The Morgan fingerprint density at radius 3 is 2.80 bits per heavy atom. The molecule has 4 nitrogen and oxygen atoms in total. The van der Waals surface area contributed by atoms with Crippen LogP contribution in [0.2, 0.25) is 0 Å². The highest BCUT2D eigenvalue weighted by Gasteiger charge is 2.06. The standard InChI is InChI=1S/C10H9N3O.ClH/c11-10(14)9-6-13-8-4-2-1-3-7(8)5-12-9;/h1-6,13H,(H2,11,14);1H. The number of hydrogen-bond acceptors (Lipinski definition) is 3. The van der Waals surface area contributed by atoms with Crippen LogP contribution < -0.4 is 11.1 Å². The van der Waals surface area contributed by atoms with Crippen LogP contribution in [0.15, 0.2) is 41.2 Å². The van der Waals surface area contributed by atoms with E-state index in [1.807, 2.05) is 24.3 Å². The molecular weight excluding hydrogens is 214 g/mol. The van der Waals surface area contributed by atoms with Gasteiger partial charge in [0.15, 0.2) is 0 Å². The maximum absolute atomic E-state index is 10.9. The van der Waals surface area contributed by atoms with Crippen LogP contribution in [-0.4, -0.2) is 12.1 Å². The molecule has 1 aliphatic heterocycles. The Morgan fingerprint density at radius 2 is 2.07 bits per heavy atom. The molecular formula is C10H10ClN3O. The lowest BCUT2D eigenvalue weighted by Gasteiger charge is -2.01. The molecule has 5 heteroatoms. The number of amides is 1. The fraction of sp³-hybridized carbons (Fsp3) is 0. The van der Waals surface area contributed by atoms with Crippen molar-refractivity contribution in [1.29, 1.82) is 0 Å². The fourth-order valence-corrected chi connectivity index (χ4v) is 1.20. The van der Waals surface area contributed by atoms with E-state index in [2.05, 4.69) is 10.3 Å². The summed E-state index contributed by atoms with van der Waals surface area (Å²) in [7, 11) is 0. The predicted octanol–water partition coefficient (Wildman–Crippen LogP) is 1.28. The van der Waals surface area contributed by atoms with E-state index in [-0.39, 0.29) is 18.1 Å². The molecule has 0 aliphatic carbocycles. The highest BCUT2D eigenvalue weighted by Crippen LogP contribution is 2.16. The summed E-state index contributed by atoms with van der Waals surface area (Å²) < 4.78 is 0. The number of primary amides is 1. The van der Waals surface area contributed by atoms with E-state index in [1.54, 1.807) is 6.21 Å². The molecule has 0 bridgehead atoms. The summed E-state index contributed by atoms with van der Waals surface area (Å²) in [6.07, 6.45) is 3.12. The van der Waals surface area contributed by atoms with E-state index in [1.165, 1.54) is 6.20 Å². The molecule has 1 heterocycles. The van der Waals surface area contributed by atoms with Gasteiger partial charge < -0.3 is 11.1 Å². The molecule has 15 heavy (non-hydrogen) atoms. The first-order valence-electron chi connectivity index (χ1n) is 4.17. The number of nitrogens with two attached hydrogens (primary N) is 1. The first-order chi connectivity index (χ1) is 6.77. The third-order valence-corrected chi connectivity index (χ3v) is 1.92. The van der Waals surface area contributed by atoms with Crippen molar-refractivity contribution >= 4 is 30.2 Å². The second-order valence-electron chi connectivity index (χ2n) is 2.88. The molecule has 0 radical (unpaired) electrons. The summed E-state index contributed by atoms with van der Waals surface area (Å²) in [5.41, 5.74) is 7.17. The minimum Gasteiger partial charge on any atom is -0.364 e. The van der Waals surface area contributed by atoms with Crippen LogP contribution in [-0.2, 0) is 4.79 Å². The number of nitrogens with zero attached hydrogens (tertiary/aromatic N) is 1. The van der Waals surface area contributed by atoms with Gasteiger partial charge in [-0.25, -0.2) is 4.99 Å². The Morgan fingerprint density at radius 1 is 1.33 bits per heavy atom. The van der Waals surface area contributed by atoms with Crippen molar-refractivity contribution in [3.63, 3.8) is 0 Å². The van der Waals surface area contributed by atoms with E-state index in [0.29, 0.717) is 0 Å². The number of nitrogens with one attached hydrogen (secondary N) is 1. The average molecular weight is 224 g/mol. The molecule has 0 unspecified atom stereocenters. The summed E-state index contributed by atoms with van der Waals surface area (Å²) in [6, 6.07) is 7.62. The number of carbonyl (C=O) groups is 1. The van der Waals surface area contributed by atoms with Gasteiger partial charge in [0.25, 0.3) is 5.91 Å². The number of para-hydroxylation sites is 1. The van der Waals surface area contributed by atoms with Crippen LogP contribution in [0.25, 0.3) is 0 Å². The Labute approximate surface area is 93.3 Å². The molecule has 0 saturated heterocycles. The first-order valence-corrected chi connectivity index (χ1v) is 4.17.